The zero-order valence-electron chi connectivity index (χ0n) is 14.9. The Balaban J connectivity index is 1.45. The number of hydrogen-bond acceptors (Lipinski definition) is 2. The molecular weight excluding hydrogens is 328 g/mol. The van der Waals surface area contributed by atoms with Gasteiger partial charge < -0.3 is 10.2 Å². The number of thiophene rings is 1. The Kier molecular flexibility index (Phi) is 6.42. The lowest BCUT2D eigenvalue weighted by Crippen LogP contribution is -3.11. The van der Waals surface area contributed by atoms with Gasteiger partial charge in [0, 0.05) is 23.1 Å². The molecule has 132 valence electrons. The molecule has 25 heavy (non-hydrogen) atoms. The summed E-state index contributed by atoms with van der Waals surface area (Å²) in [5, 5.41) is 5.00. The van der Waals surface area contributed by atoms with Gasteiger partial charge in [-0.3, -0.25) is 4.79 Å². The van der Waals surface area contributed by atoms with E-state index in [9.17, 15) is 4.79 Å². The van der Waals surface area contributed by atoms with E-state index >= 15 is 0 Å². The van der Waals surface area contributed by atoms with E-state index < -0.39 is 0 Å². The number of hydrogen-bond donors (Lipinski definition) is 2. The maximum atomic E-state index is 12.0. The number of carbonyl (C=O) groups excluding carboxylic acids is 1. The summed E-state index contributed by atoms with van der Waals surface area (Å²) in [5.41, 5.74) is 3.74. The molecule has 0 spiro atoms. The lowest BCUT2D eigenvalue weighted by molar-refractivity contribution is -0.918. The summed E-state index contributed by atoms with van der Waals surface area (Å²) in [6.07, 6.45) is 7.62. The molecule has 2 N–H and O–H groups in total. The van der Waals surface area contributed by atoms with Crippen LogP contribution in [0.5, 0.6) is 0 Å². The monoisotopic (exact) mass is 355 g/mol. The average Bonchev–Trinajstić information content (AvgIpc) is 3.05. The van der Waals surface area contributed by atoms with Crippen LogP contribution >= 0.6 is 11.3 Å². The third kappa shape index (κ3) is 5.55. The van der Waals surface area contributed by atoms with Crippen molar-refractivity contribution in [1.82, 2.24) is 5.32 Å². The fourth-order valence-electron chi connectivity index (χ4n) is 3.25. The smallest absolute Gasteiger partial charge is 0.244 e. The maximum Gasteiger partial charge on any atom is 0.244 e. The van der Waals surface area contributed by atoms with Crippen LogP contribution in [0.1, 0.15) is 40.8 Å². The highest BCUT2D eigenvalue weighted by Crippen LogP contribution is 2.16. The van der Waals surface area contributed by atoms with Crippen LogP contribution in [0.15, 0.2) is 41.8 Å². The molecular formula is C21H27N2OS+. The molecule has 2 heterocycles. The molecule has 0 atom stereocenters. The number of benzene rings is 1. The number of quaternary nitrogens is 1. The van der Waals surface area contributed by atoms with Gasteiger partial charge in [0.05, 0.1) is 13.1 Å². The molecule has 3 nitrogen and oxygen atoms in total. The zero-order chi connectivity index (χ0) is 17.5. The van der Waals surface area contributed by atoms with Crippen molar-refractivity contribution in [2.75, 3.05) is 13.1 Å². The van der Waals surface area contributed by atoms with Crippen LogP contribution in [0.25, 0.3) is 6.08 Å². The average molecular weight is 356 g/mol. The molecule has 1 fully saturated rings. The highest BCUT2D eigenvalue weighted by atomic mass is 32.1. The Morgan fingerprint density at radius 3 is 2.52 bits per heavy atom. The van der Waals surface area contributed by atoms with E-state index in [0.717, 1.165) is 17.0 Å². The minimum Gasteiger partial charge on any atom is -0.348 e. The molecule has 3 rings (SSSR count). The Bertz CT molecular complexity index is 712. The van der Waals surface area contributed by atoms with Gasteiger partial charge in [0.1, 0.15) is 6.54 Å². The molecule has 1 aromatic carbocycles. The van der Waals surface area contributed by atoms with Crippen LogP contribution in [-0.4, -0.2) is 19.0 Å². The van der Waals surface area contributed by atoms with Crippen molar-refractivity contribution >= 4 is 23.3 Å². The predicted octanol–water partition coefficient (Wildman–Crippen LogP) is 2.95. The first-order chi connectivity index (χ1) is 12.2. The van der Waals surface area contributed by atoms with E-state index in [1.54, 1.807) is 22.3 Å². The van der Waals surface area contributed by atoms with Gasteiger partial charge in [0.2, 0.25) is 5.91 Å². The third-order valence-electron chi connectivity index (χ3n) is 4.79. The zero-order valence-corrected chi connectivity index (χ0v) is 15.7. The van der Waals surface area contributed by atoms with Gasteiger partial charge in [-0.1, -0.05) is 24.3 Å². The fourth-order valence-corrected chi connectivity index (χ4v) is 4.07. The van der Waals surface area contributed by atoms with Crippen LogP contribution in [0.2, 0.25) is 0 Å². The van der Waals surface area contributed by atoms with Crippen molar-refractivity contribution in [3.05, 3.63) is 63.4 Å². The SMILES string of the molecule is Cc1ccsc1/C=C/C(=O)NCc1ccc(C[NH+]2CCCCC2)cc1. The number of nitrogens with one attached hydrogen (secondary N) is 2. The van der Waals surface area contributed by atoms with Gasteiger partial charge >= 0.3 is 0 Å². The molecule has 0 aliphatic carbocycles. The van der Waals surface area contributed by atoms with E-state index in [0.29, 0.717) is 6.54 Å². The minimum atomic E-state index is -0.0466. The van der Waals surface area contributed by atoms with Crippen molar-refractivity contribution < 1.29 is 9.69 Å². The number of carbonyl (C=O) groups is 1. The lowest BCUT2D eigenvalue weighted by Gasteiger charge is -2.23. The minimum absolute atomic E-state index is 0.0466. The lowest BCUT2D eigenvalue weighted by atomic mass is 10.1. The third-order valence-corrected chi connectivity index (χ3v) is 5.78. The number of amides is 1. The first kappa shape index (κ1) is 17.9. The normalized spacial score (nSPS) is 15.6. The van der Waals surface area contributed by atoms with Gasteiger partial charge in [0.25, 0.3) is 0 Å². The summed E-state index contributed by atoms with van der Waals surface area (Å²) in [7, 11) is 0. The number of rotatable bonds is 6. The van der Waals surface area contributed by atoms with Gasteiger partial charge in [-0.25, -0.2) is 0 Å². The molecule has 4 heteroatoms. The van der Waals surface area contributed by atoms with Gasteiger partial charge in [-0.05, 0) is 54.8 Å². The maximum absolute atomic E-state index is 12.0. The molecule has 1 aliphatic heterocycles. The van der Waals surface area contributed by atoms with Crippen LogP contribution in [0.3, 0.4) is 0 Å². The molecule has 1 aliphatic rings. The van der Waals surface area contributed by atoms with E-state index in [1.165, 1.54) is 43.5 Å². The summed E-state index contributed by atoms with van der Waals surface area (Å²) < 4.78 is 0. The highest BCUT2D eigenvalue weighted by Gasteiger charge is 2.13. The summed E-state index contributed by atoms with van der Waals surface area (Å²) in [6, 6.07) is 10.7. The molecule has 0 bridgehead atoms. The summed E-state index contributed by atoms with van der Waals surface area (Å²) >= 11 is 1.65. The quantitative estimate of drug-likeness (QED) is 0.768. The highest BCUT2D eigenvalue weighted by molar-refractivity contribution is 7.11. The number of aryl methyl sites for hydroxylation is 1. The Labute approximate surface area is 154 Å². The van der Waals surface area contributed by atoms with E-state index in [-0.39, 0.29) is 5.91 Å². The van der Waals surface area contributed by atoms with Crippen LogP contribution in [-0.2, 0) is 17.9 Å². The standard InChI is InChI=1S/C21H26N2OS/c1-17-11-14-25-20(17)9-10-21(24)22-15-18-5-7-19(8-6-18)16-23-12-3-2-4-13-23/h5-11,14H,2-4,12-13,15-16H2,1H3,(H,22,24)/p+1/b10-9+. The first-order valence-electron chi connectivity index (χ1n) is 9.12. The Morgan fingerprint density at radius 1 is 1.12 bits per heavy atom. The Morgan fingerprint density at radius 2 is 1.84 bits per heavy atom. The molecule has 0 unspecified atom stereocenters. The molecule has 0 radical (unpaired) electrons. The van der Waals surface area contributed by atoms with Gasteiger partial charge in [0.15, 0.2) is 0 Å². The largest absolute Gasteiger partial charge is 0.348 e. The van der Waals surface area contributed by atoms with Crippen molar-refractivity contribution in [1.29, 1.82) is 0 Å². The molecule has 0 saturated carbocycles. The van der Waals surface area contributed by atoms with Crippen LogP contribution in [0, 0.1) is 6.92 Å². The van der Waals surface area contributed by atoms with E-state index in [4.69, 9.17) is 0 Å². The summed E-state index contributed by atoms with van der Waals surface area (Å²) in [6.45, 7) is 6.35. The van der Waals surface area contributed by atoms with Crippen molar-refractivity contribution in [3.8, 4) is 0 Å². The first-order valence-corrected chi connectivity index (χ1v) is 10.00. The number of piperidine rings is 1. The molecule has 1 amide bonds. The predicted molar refractivity (Wildman–Crippen MR) is 105 cm³/mol. The summed E-state index contributed by atoms with van der Waals surface area (Å²) in [5.74, 6) is -0.0466. The second-order valence-corrected chi connectivity index (χ2v) is 7.77. The number of likely N-dealkylation sites (tertiary alicyclic amines) is 1. The molecule has 2 aromatic rings. The van der Waals surface area contributed by atoms with E-state index in [1.807, 2.05) is 11.5 Å². The van der Waals surface area contributed by atoms with Crippen LogP contribution in [0.4, 0.5) is 0 Å². The van der Waals surface area contributed by atoms with Crippen molar-refractivity contribution in [2.24, 2.45) is 0 Å². The topological polar surface area (TPSA) is 33.5 Å². The summed E-state index contributed by atoms with van der Waals surface area (Å²) in [4.78, 5) is 14.8. The second kappa shape index (κ2) is 8.97. The van der Waals surface area contributed by atoms with E-state index in [2.05, 4.69) is 42.6 Å². The van der Waals surface area contributed by atoms with Crippen LogP contribution < -0.4 is 10.2 Å². The molecule has 1 aromatic heterocycles. The van der Waals surface area contributed by atoms with Gasteiger partial charge in [-0.2, -0.15) is 0 Å². The fraction of sp³-hybridized carbons (Fsp3) is 0.381. The Hall–Kier alpha value is -1.91. The van der Waals surface area contributed by atoms with Crippen molar-refractivity contribution in [3.63, 3.8) is 0 Å². The van der Waals surface area contributed by atoms with Crippen molar-refractivity contribution in [2.45, 2.75) is 39.3 Å². The second-order valence-electron chi connectivity index (χ2n) is 6.82. The molecule has 1 saturated heterocycles. The van der Waals surface area contributed by atoms with Gasteiger partial charge in [-0.15, -0.1) is 11.3 Å².